The second-order valence-corrected chi connectivity index (χ2v) is 6.15. The van der Waals surface area contributed by atoms with Crippen LogP contribution in [-0.4, -0.2) is 26.0 Å². The van der Waals surface area contributed by atoms with Crippen LogP contribution in [0.4, 0.5) is 0 Å². The van der Waals surface area contributed by atoms with Gasteiger partial charge in [-0.3, -0.25) is 4.79 Å². The van der Waals surface area contributed by atoms with Gasteiger partial charge in [0.05, 0.1) is 12.2 Å². The normalized spacial score (nSPS) is 26.6. The smallest absolute Gasteiger partial charge is 0.154 e. The van der Waals surface area contributed by atoms with Crippen LogP contribution in [0.3, 0.4) is 0 Å². The predicted octanol–water partition coefficient (Wildman–Crippen LogP) is 2.91. The molecule has 0 bridgehead atoms. The molecule has 1 saturated heterocycles. The molecule has 1 aliphatic heterocycles. The first-order chi connectivity index (χ1) is 10.3. The van der Waals surface area contributed by atoms with Gasteiger partial charge in [0, 0.05) is 12.0 Å². The second-order valence-electron chi connectivity index (χ2n) is 6.15. The molecule has 0 amide bonds. The standard InChI is InChI=1S/C18H19NO2/c1-2-21-17-6-3-12-7-13(4-5-15(12)16(17)10-20)18-8-14(18)9-19-11-18/h3-7,10,14,19H,2,8-9,11H2,1H3. The third-order valence-corrected chi connectivity index (χ3v) is 5.08. The van der Waals surface area contributed by atoms with E-state index < -0.39 is 0 Å². The fourth-order valence-electron chi connectivity index (χ4n) is 3.84. The van der Waals surface area contributed by atoms with Gasteiger partial charge in [-0.15, -0.1) is 0 Å². The largest absolute Gasteiger partial charge is 0.493 e. The van der Waals surface area contributed by atoms with Crippen LogP contribution in [0.25, 0.3) is 10.8 Å². The van der Waals surface area contributed by atoms with Crippen LogP contribution in [0.1, 0.15) is 29.3 Å². The summed E-state index contributed by atoms with van der Waals surface area (Å²) in [4.78, 5) is 11.4. The maximum atomic E-state index is 11.4. The zero-order valence-corrected chi connectivity index (χ0v) is 12.2. The van der Waals surface area contributed by atoms with Crippen molar-refractivity contribution >= 4 is 17.1 Å². The Bertz CT molecular complexity index is 724. The molecule has 2 aliphatic rings. The zero-order valence-electron chi connectivity index (χ0n) is 12.2. The average molecular weight is 281 g/mol. The summed E-state index contributed by atoms with van der Waals surface area (Å²) in [7, 11) is 0. The molecular weight excluding hydrogens is 262 g/mol. The lowest BCUT2D eigenvalue weighted by Gasteiger charge is -2.15. The van der Waals surface area contributed by atoms with Crippen molar-refractivity contribution in [1.82, 2.24) is 5.32 Å². The third-order valence-electron chi connectivity index (χ3n) is 5.08. The van der Waals surface area contributed by atoms with Gasteiger partial charge < -0.3 is 10.1 Å². The Labute approximate surface area is 124 Å². The summed E-state index contributed by atoms with van der Waals surface area (Å²) in [6.45, 7) is 4.73. The third kappa shape index (κ3) is 1.80. The van der Waals surface area contributed by atoms with Crippen molar-refractivity contribution in [3.05, 3.63) is 41.5 Å². The predicted molar refractivity (Wildman–Crippen MR) is 83.2 cm³/mol. The highest BCUT2D eigenvalue weighted by molar-refractivity contribution is 6.01. The van der Waals surface area contributed by atoms with Crippen LogP contribution in [-0.2, 0) is 5.41 Å². The van der Waals surface area contributed by atoms with Gasteiger partial charge in [0.25, 0.3) is 0 Å². The number of ether oxygens (including phenoxy) is 1. The van der Waals surface area contributed by atoms with Crippen LogP contribution in [0.15, 0.2) is 30.3 Å². The minimum absolute atomic E-state index is 0.355. The summed E-state index contributed by atoms with van der Waals surface area (Å²) in [5, 5.41) is 5.60. The van der Waals surface area contributed by atoms with E-state index in [-0.39, 0.29) is 0 Å². The minimum Gasteiger partial charge on any atom is -0.493 e. The molecule has 3 nitrogen and oxygen atoms in total. The average Bonchev–Trinajstić information content (AvgIpc) is 3.08. The van der Waals surface area contributed by atoms with Crippen molar-refractivity contribution in [3.63, 3.8) is 0 Å². The molecule has 0 spiro atoms. The number of nitrogens with one attached hydrogen (secondary N) is 1. The maximum Gasteiger partial charge on any atom is 0.154 e. The number of piperidine rings is 1. The Hall–Kier alpha value is -1.87. The second kappa shape index (κ2) is 4.57. The van der Waals surface area contributed by atoms with Crippen molar-refractivity contribution in [2.75, 3.05) is 19.7 Å². The Morgan fingerprint density at radius 3 is 2.95 bits per heavy atom. The summed E-state index contributed by atoms with van der Waals surface area (Å²) < 4.78 is 5.55. The molecule has 108 valence electrons. The molecular formula is C18H19NO2. The summed E-state index contributed by atoms with van der Waals surface area (Å²) in [5.41, 5.74) is 2.43. The maximum absolute atomic E-state index is 11.4. The minimum atomic E-state index is 0.355. The van der Waals surface area contributed by atoms with E-state index in [0.29, 0.717) is 23.3 Å². The number of fused-ring (bicyclic) bond motifs is 2. The van der Waals surface area contributed by atoms with E-state index in [0.717, 1.165) is 36.1 Å². The molecule has 2 unspecified atom stereocenters. The van der Waals surface area contributed by atoms with Crippen LogP contribution in [0.2, 0.25) is 0 Å². The van der Waals surface area contributed by atoms with E-state index in [9.17, 15) is 4.79 Å². The summed E-state index contributed by atoms with van der Waals surface area (Å²) >= 11 is 0. The highest BCUT2D eigenvalue weighted by atomic mass is 16.5. The molecule has 1 heterocycles. The van der Waals surface area contributed by atoms with E-state index in [1.54, 1.807) is 0 Å². The van der Waals surface area contributed by atoms with Gasteiger partial charge in [0.2, 0.25) is 0 Å². The van der Waals surface area contributed by atoms with Gasteiger partial charge in [-0.05, 0) is 48.2 Å². The van der Waals surface area contributed by atoms with E-state index in [2.05, 4.69) is 29.6 Å². The summed E-state index contributed by atoms with van der Waals surface area (Å²) in [5.74, 6) is 1.47. The van der Waals surface area contributed by atoms with Crippen LogP contribution < -0.4 is 10.1 Å². The van der Waals surface area contributed by atoms with Crippen molar-refractivity contribution in [1.29, 1.82) is 0 Å². The zero-order chi connectivity index (χ0) is 14.4. The molecule has 2 aromatic rings. The molecule has 0 aromatic heterocycles. The van der Waals surface area contributed by atoms with Crippen molar-refractivity contribution in [3.8, 4) is 5.75 Å². The molecule has 3 heteroatoms. The lowest BCUT2D eigenvalue weighted by atomic mass is 9.92. The SMILES string of the molecule is CCOc1ccc2cc(C34CNCC3C4)ccc2c1C=O. The van der Waals surface area contributed by atoms with Crippen molar-refractivity contribution < 1.29 is 9.53 Å². The number of benzene rings is 2. The number of aldehydes is 1. The van der Waals surface area contributed by atoms with Gasteiger partial charge in [0.1, 0.15) is 5.75 Å². The Balaban J connectivity index is 1.82. The van der Waals surface area contributed by atoms with Gasteiger partial charge in [-0.25, -0.2) is 0 Å². The first-order valence-electron chi connectivity index (χ1n) is 7.64. The van der Waals surface area contributed by atoms with Gasteiger partial charge in [0.15, 0.2) is 6.29 Å². The van der Waals surface area contributed by atoms with Crippen LogP contribution in [0, 0.1) is 5.92 Å². The van der Waals surface area contributed by atoms with Crippen LogP contribution in [0.5, 0.6) is 5.75 Å². The van der Waals surface area contributed by atoms with E-state index in [4.69, 9.17) is 4.74 Å². The fraction of sp³-hybridized carbons (Fsp3) is 0.389. The number of hydrogen-bond acceptors (Lipinski definition) is 3. The molecule has 21 heavy (non-hydrogen) atoms. The quantitative estimate of drug-likeness (QED) is 0.876. The van der Waals surface area contributed by atoms with Crippen molar-refractivity contribution in [2.24, 2.45) is 5.92 Å². The molecule has 2 fully saturated rings. The fourth-order valence-corrected chi connectivity index (χ4v) is 3.84. The molecule has 1 aliphatic carbocycles. The molecule has 0 radical (unpaired) electrons. The first-order valence-corrected chi connectivity index (χ1v) is 7.64. The van der Waals surface area contributed by atoms with E-state index in [1.807, 2.05) is 13.0 Å². The van der Waals surface area contributed by atoms with E-state index in [1.165, 1.54) is 12.0 Å². The topological polar surface area (TPSA) is 38.3 Å². The molecule has 1 saturated carbocycles. The summed E-state index contributed by atoms with van der Waals surface area (Å²) in [6.07, 6.45) is 2.20. The van der Waals surface area contributed by atoms with Gasteiger partial charge in [-0.1, -0.05) is 24.3 Å². The van der Waals surface area contributed by atoms with Crippen LogP contribution >= 0.6 is 0 Å². The number of hydrogen-bond donors (Lipinski definition) is 1. The Morgan fingerprint density at radius 1 is 1.38 bits per heavy atom. The van der Waals surface area contributed by atoms with Gasteiger partial charge >= 0.3 is 0 Å². The highest BCUT2D eigenvalue weighted by Gasteiger charge is 2.57. The molecule has 4 rings (SSSR count). The molecule has 2 atom stereocenters. The summed E-state index contributed by atoms with van der Waals surface area (Å²) in [6, 6.07) is 10.5. The van der Waals surface area contributed by atoms with Gasteiger partial charge in [-0.2, -0.15) is 0 Å². The lowest BCUT2D eigenvalue weighted by Crippen LogP contribution is -2.19. The van der Waals surface area contributed by atoms with Crippen molar-refractivity contribution in [2.45, 2.75) is 18.8 Å². The number of carbonyl (C=O) groups excluding carboxylic acids is 1. The first kappa shape index (κ1) is 12.8. The lowest BCUT2D eigenvalue weighted by molar-refractivity contribution is 0.112. The molecule has 2 aromatic carbocycles. The monoisotopic (exact) mass is 281 g/mol. The Kier molecular flexibility index (Phi) is 2.79. The molecule has 1 N–H and O–H groups in total. The van der Waals surface area contributed by atoms with E-state index >= 15 is 0 Å². The number of rotatable bonds is 4. The Morgan fingerprint density at radius 2 is 2.29 bits per heavy atom. The highest BCUT2D eigenvalue weighted by Crippen LogP contribution is 2.56. The number of carbonyl (C=O) groups is 1.